The first kappa shape index (κ1) is 11.9. The minimum Gasteiger partial charge on any atom is -0.379 e. The smallest absolute Gasteiger partial charge is 0.271 e. The van der Waals surface area contributed by atoms with Gasteiger partial charge in [0.2, 0.25) is 0 Å². The third-order valence-corrected chi connectivity index (χ3v) is 3.16. The van der Waals surface area contributed by atoms with Crippen LogP contribution in [0.5, 0.6) is 0 Å². The third-order valence-electron chi connectivity index (χ3n) is 3.16. The molecule has 1 aliphatic carbocycles. The third kappa shape index (κ3) is 2.74. The molecule has 0 radical (unpaired) electrons. The Bertz CT molecular complexity index is 408. The molecule has 0 aromatic heterocycles. The number of hydrogen-bond acceptors (Lipinski definition) is 4. The normalized spacial score (nSPS) is 23.6. The van der Waals surface area contributed by atoms with Gasteiger partial charge in [0.25, 0.3) is 5.69 Å². The van der Waals surface area contributed by atoms with Crippen LogP contribution in [0.15, 0.2) is 24.3 Å². The summed E-state index contributed by atoms with van der Waals surface area (Å²) >= 11 is 0. The minimum atomic E-state index is -0.381. The zero-order valence-corrected chi connectivity index (χ0v) is 9.76. The maximum atomic E-state index is 10.7. The molecule has 5 nitrogen and oxygen atoms in total. The first-order valence-electron chi connectivity index (χ1n) is 5.74. The van der Waals surface area contributed by atoms with Gasteiger partial charge in [-0.2, -0.15) is 0 Å². The second-order valence-electron chi connectivity index (χ2n) is 4.26. The van der Waals surface area contributed by atoms with Crippen LogP contribution in [-0.2, 0) is 4.74 Å². The summed E-state index contributed by atoms with van der Waals surface area (Å²) in [6, 6.07) is 6.84. The summed E-state index contributed by atoms with van der Waals surface area (Å²) in [6.45, 7) is 0. The summed E-state index contributed by atoms with van der Waals surface area (Å²) in [5.41, 5.74) is 0.898. The van der Waals surface area contributed by atoms with Crippen LogP contribution in [0.25, 0.3) is 0 Å². The number of nitrogens with one attached hydrogen (secondary N) is 1. The number of hydrogen-bond donors (Lipinski definition) is 1. The van der Waals surface area contributed by atoms with Gasteiger partial charge in [-0.15, -0.1) is 0 Å². The van der Waals surface area contributed by atoms with E-state index in [-0.39, 0.29) is 22.8 Å². The number of nitrogens with zero attached hydrogens (tertiary/aromatic N) is 1. The van der Waals surface area contributed by atoms with E-state index in [0.29, 0.717) is 0 Å². The first-order valence-corrected chi connectivity index (χ1v) is 5.74. The van der Waals surface area contributed by atoms with E-state index in [9.17, 15) is 10.1 Å². The minimum absolute atomic E-state index is 0.113. The molecule has 0 bridgehead atoms. The molecule has 5 heteroatoms. The molecule has 0 spiro atoms. The molecular formula is C12H16N2O3. The van der Waals surface area contributed by atoms with Crippen LogP contribution in [0.1, 0.15) is 19.3 Å². The topological polar surface area (TPSA) is 64.4 Å². The summed E-state index contributed by atoms with van der Waals surface area (Å²) < 4.78 is 5.38. The zero-order chi connectivity index (χ0) is 12.3. The van der Waals surface area contributed by atoms with Crippen molar-refractivity contribution in [3.8, 4) is 0 Å². The Morgan fingerprint density at radius 2 is 2.29 bits per heavy atom. The molecule has 1 aliphatic rings. The maximum absolute atomic E-state index is 10.7. The lowest BCUT2D eigenvalue weighted by Crippen LogP contribution is -2.29. The lowest BCUT2D eigenvalue weighted by Gasteiger charge is -2.20. The number of non-ortho nitro benzene ring substituents is 1. The van der Waals surface area contributed by atoms with E-state index in [1.165, 1.54) is 6.07 Å². The Morgan fingerprint density at radius 1 is 1.47 bits per heavy atom. The first-order chi connectivity index (χ1) is 8.20. The van der Waals surface area contributed by atoms with Crippen LogP contribution in [-0.4, -0.2) is 24.2 Å². The lowest BCUT2D eigenvalue weighted by atomic mass is 10.2. The average Bonchev–Trinajstić information content (AvgIpc) is 2.76. The number of rotatable bonds is 4. The van der Waals surface area contributed by atoms with E-state index in [4.69, 9.17) is 4.74 Å². The van der Waals surface area contributed by atoms with E-state index in [1.54, 1.807) is 19.2 Å². The van der Waals surface area contributed by atoms with Gasteiger partial charge in [0, 0.05) is 24.9 Å². The van der Waals surface area contributed by atoms with Gasteiger partial charge < -0.3 is 10.1 Å². The second kappa shape index (κ2) is 5.14. The van der Waals surface area contributed by atoms with Crippen molar-refractivity contribution in [3.05, 3.63) is 34.4 Å². The van der Waals surface area contributed by atoms with Gasteiger partial charge in [-0.1, -0.05) is 6.07 Å². The van der Waals surface area contributed by atoms with Gasteiger partial charge in [0.1, 0.15) is 0 Å². The Balaban J connectivity index is 2.07. The fraction of sp³-hybridized carbons (Fsp3) is 0.500. The van der Waals surface area contributed by atoms with Gasteiger partial charge in [-0.05, 0) is 25.3 Å². The van der Waals surface area contributed by atoms with Crippen molar-refractivity contribution >= 4 is 11.4 Å². The zero-order valence-electron chi connectivity index (χ0n) is 9.76. The van der Waals surface area contributed by atoms with Crippen molar-refractivity contribution in [3.63, 3.8) is 0 Å². The van der Waals surface area contributed by atoms with E-state index < -0.39 is 0 Å². The van der Waals surface area contributed by atoms with Crippen LogP contribution in [0, 0.1) is 10.1 Å². The van der Waals surface area contributed by atoms with Gasteiger partial charge >= 0.3 is 0 Å². The highest BCUT2D eigenvalue weighted by atomic mass is 16.6. The highest BCUT2D eigenvalue weighted by Gasteiger charge is 2.27. The van der Waals surface area contributed by atoms with Crippen LogP contribution >= 0.6 is 0 Å². The fourth-order valence-corrected chi connectivity index (χ4v) is 2.30. The molecule has 17 heavy (non-hydrogen) atoms. The number of benzene rings is 1. The fourth-order valence-electron chi connectivity index (χ4n) is 2.30. The van der Waals surface area contributed by atoms with Crippen LogP contribution in [0.2, 0.25) is 0 Å². The SMILES string of the molecule is COC1CCCC1Nc1cccc([N+](=O)[O-])c1. The van der Waals surface area contributed by atoms with Gasteiger partial charge in [0.05, 0.1) is 17.1 Å². The van der Waals surface area contributed by atoms with E-state index >= 15 is 0 Å². The van der Waals surface area contributed by atoms with Crippen molar-refractivity contribution in [2.45, 2.75) is 31.4 Å². The number of nitro benzene ring substituents is 1. The van der Waals surface area contributed by atoms with Gasteiger partial charge in [-0.25, -0.2) is 0 Å². The molecule has 1 saturated carbocycles. The molecule has 0 saturated heterocycles. The predicted octanol–water partition coefficient (Wildman–Crippen LogP) is 2.57. The predicted molar refractivity (Wildman–Crippen MR) is 65.2 cm³/mol. The van der Waals surface area contributed by atoms with Crippen molar-refractivity contribution in [2.75, 3.05) is 12.4 Å². The molecule has 1 aromatic rings. The van der Waals surface area contributed by atoms with Crippen LogP contribution < -0.4 is 5.32 Å². The van der Waals surface area contributed by atoms with Gasteiger partial charge in [-0.3, -0.25) is 10.1 Å². The summed E-state index contributed by atoms with van der Waals surface area (Å²) in [6.07, 6.45) is 3.42. The van der Waals surface area contributed by atoms with Gasteiger partial charge in [0.15, 0.2) is 0 Å². The van der Waals surface area contributed by atoms with Crippen molar-refractivity contribution in [1.82, 2.24) is 0 Å². The molecule has 0 amide bonds. The molecule has 1 N–H and O–H groups in total. The quantitative estimate of drug-likeness (QED) is 0.644. The lowest BCUT2D eigenvalue weighted by molar-refractivity contribution is -0.384. The average molecular weight is 236 g/mol. The molecule has 0 heterocycles. The molecular weight excluding hydrogens is 220 g/mol. The molecule has 1 aromatic carbocycles. The number of methoxy groups -OCH3 is 1. The largest absolute Gasteiger partial charge is 0.379 e. The molecule has 92 valence electrons. The second-order valence-corrected chi connectivity index (χ2v) is 4.26. The van der Waals surface area contributed by atoms with Crippen LogP contribution in [0.3, 0.4) is 0 Å². The molecule has 1 fully saturated rings. The number of nitro groups is 1. The Kier molecular flexibility index (Phi) is 3.58. The Morgan fingerprint density at radius 3 is 3.00 bits per heavy atom. The van der Waals surface area contributed by atoms with Crippen molar-refractivity contribution < 1.29 is 9.66 Å². The molecule has 2 atom stereocenters. The summed E-state index contributed by atoms with van der Waals surface area (Å²) in [5, 5.41) is 14.0. The standard InChI is InChI=1S/C12H16N2O3/c1-17-12-7-3-6-11(12)13-9-4-2-5-10(8-9)14(15)16/h2,4-5,8,11-13H,3,6-7H2,1H3. The summed E-state index contributed by atoms with van der Waals surface area (Å²) in [4.78, 5) is 10.3. The van der Waals surface area contributed by atoms with E-state index in [1.807, 2.05) is 6.07 Å². The summed E-state index contributed by atoms with van der Waals surface area (Å²) in [5.74, 6) is 0. The monoisotopic (exact) mass is 236 g/mol. The van der Waals surface area contributed by atoms with E-state index in [2.05, 4.69) is 5.32 Å². The molecule has 2 rings (SSSR count). The van der Waals surface area contributed by atoms with Crippen molar-refractivity contribution in [1.29, 1.82) is 0 Å². The highest BCUT2D eigenvalue weighted by Crippen LogP contribution is 2.26. The summed E-state index contributed by atoms with van der Waals surface area (Å²) in [7, 11) is 1.71. The molecule has 2 unspecified atom stereocenters. The Hall–Kier alpha value is -1.62. The number of ether oxygens (including phenoxy) is 1. The van der Waals surface area contributed by atoms with E-state index in [0.717, 1.165) is 24.9 Å². The maximum Gasteiger partial charge on any atom is 0.271 e. The van der Waals surface area contributed by atoms with Crippen molar-refractivity contribution in [2.24, 2.45) is 0 Å². The molecule has 0 aliphatic heterocycles. The Labute approximate surface area is 99.9 Å². The number of anilines is 1. The highest BCUT2D eigenvalue weighted by molar-refractivity contribution is 5.51. The van der Waals surface area contributed by atoms with Crippen LogP contribution in [0.4, 0.5) is 11.4 Å².